The topological polar surface area (TPSA) is 57.6 Å². The van der Waals surface area contributed by atoms with E-state index in [1.54, 1.807) is 32.9 Å². The molecule has 0 radical (unpaired) electrons. The Hall–Kier alpha value is -1.55. The van der Waals surface area contributed by atoms with Gasteiger partial charge in [-0.25, -0.2) is 0 Å². The Balaban J connectivity index is 3.12. The molecule has 0 bridgehead atoms. The number of aliphatic carboxylic acids is 1. The first-order valence-electron chi connectivity index (χ1n) is 6.43. The van der Waals surface area contributed by atoms with Gasteiger partial charge in [-0.15, -0.1) is 0 Å². The number of carboxylic acid groups (broad SMARTS) is 1. The average Bonchev–Trinajstić information content (AvgIpc) is 2.32. The third-order valence-corrected chi connectivity index (χ3v) is 3.31. The van der Waals surface area contributed by atoms with E-state index in [1.807, 2.05) is 13.0 Å². The van der Waals surface area contributed by atoms with Crippen LogP contribution in [0.3, 0.4) is 0 Å². The van der Waals surface area contributed by atoms with Crippen LogP contribution in [0.15, 0.2) is 18.2 Å². The zero-order valence-corrected chi connectivity index (χ0v) is 13.0. The fourth-order valence-electron chi connectivity index (χ4n) is 1.71. The molecule has 110 valence electrons. The third kappa shape index (κ3) is 4.23. The number of carboxylic acids is 1. The van der Waals surface area contributed by atoms with Crippen LogP contribution < -0.4 is 4.90 Å². The highest BCUT2D eigenvalue weighted by molar-refractivity contribution is 6.31. The van der Waals surface area contributed by atoms with Gasteiger partial charge in [0.25, 0.3) is 0 Å². The quantitative estimate of drug-likeness (QED) is 0.925. The molecule has 0 atom stereocenters. The highest BCUT2D eigenvalue weighted by Gasteiger charge is 2.28. The highest BCUT2D eigenvalue weighted by Crippen LogP contribution is 2.27. The summed E-state index contributed by atoms with van der Waals surface area (Å²) in [7, 11) is 0. The molecule has 1 amide bonds. The Morgan fingerprint density at radius 2 is 1.90 bits per heavy atom. The molecule has 1 aromatic carbocycles. The van der Waals surface area contributed by atoms with Gasteiger partial charge in [0.15, 0.2) is 0 Å². The van der Waals surface area contributed by atoms with Gasteiger partial charge in [-0.3, -0.25) is 9.59 Å². The molecule has 0 aliphatic carbocycles. The molecule has 0 saturated heterocycles. The third-order valence-electron chi connectivity index (χ3n) is 2.90. The molecule has 5 heteroatoms. The Morgan fingerprint density at radius 1 is 1.30 bits per heavy atom. The molecule has 20 heavy (non-hydrogen) atoms. The van der Waals surface area contributed by atoms with Gasteiger partial charge in [-0.2, -0.15) is 0 Å². The molecule has 1 aromatic rings. The molecule has 0 aliphatic rings. The van der Waals surface area contributed by atoms with Gasteiger partial charge in [-0.05, 0) is 24.6 Å². The van der Waals surface area contributed by atoms with Crippen molar-refractivity contribution >= 4 is 29.2 Å². The van der Waals surface area contributed by atoms with Gasteiger partial charge in [0.1, 0.15) is 0 Å². The van der Waals surface area contributed by atoms with Gasteiger partial charge >= 0.3 is 5.97 Å². The van der Waals surface area contributed by atoms with Crippen molar-refractivity contribution in [1.29, 1.82) is 0 Å². The largest absolute Gasteiger partial charge is 0.481 e. The first-order valence-corrected chi connectivity index (χ1v) is 6.80. The Labute approximate surface area is 124 Å². The number of hydrogen-bond donors (Lipinski definition) is 1. The van der Waals surface area contributed by atoms with E-state index in [0.717, 1.165) is 5.56 Å². The summed E-state index contributed by atoms with van der Waals surface area (Å²) in [5.74, 6) is -1.06. The number of rotatable bonds is 4. The van der Waals surface area contributed by atoms with Crippen LogP contribution in [0.1, 0.15) is 32.8 Å². The van der Waals surface area contributed by atoms with Gasteiger partial charge in [0.05, 0.1) is 6.42 Å². The summed E-state index contributed by atoms with van der Waals surface area (Å²) in [6.45, 7) is 7.42. The maximum Gasteiger partial charge on any atom is 0.305 e. The van der Waals surface area contributed by atoms with Crippen LogP contribution in [0.25, 0.3) is 0 Å². The Kier molecular flexibility index (Phi) is 5.17. The number of carbonyl (C=O) groups is 2. The molecule has 0 aliphatic heterocycles. The van der Waals surface area contributed by atoms with E-state index in [1.165, 1.54) is 4.90 Å². The summed E-state index contributed by atoms with van der Waals surface area (Å²) >= 11 is 6.09. The molecular formula is C15H20ClNO3. The van der Waals surface area contributed by atoms with Crippen molar-refractivity contribution in [1.82, 2.24) is 0 Å². The maximum atomic E-state index is 12.5. The molecular weight excluding hydrogens is 278 g/mol. The van der Waals surface area contributed by atoms with Crippen molar-refractivity contribution in [3.63, 3.8) is 0 Å². The van der Waals surface area contributed by atoms with Crippen LogP contribution in [0.4, 0.5) is 5.69 Å². The van der Waals surface area contributed by atoms with E-state index in [-0.39, 0.29) is 18.9 Å². The van der Waals surface area contributed by atoms with Crippen LogP contribution in [-0.4, -0.2) is 23.5 Å². The lowest BCUT2D eigenvalue weighted by molar-refractivity contribution is -0.136. The van der Waals surface area contributed by atoms with Crippen molar-refractivity contribution in [2.75, 3.05) is 11.4 Å². The number of halogens is 1. The molecule has 1 N–H and O–H groups in total. The predicted octanol–water partition coefficient (Wildman–Crippen LogP) is 3.50. The van der Waals surface area contributed by atoms with E-state index in [4.69, 9.17) is 16.7 Å². The zero-order chi connectivity index (χ0) is 15.5. The summed E-state index contributed by atoms with van der Waals surface area (Å²) < 4.78 is 0. The van der Waals surface area contributed by atoms with Crippen molar-refractivity contribution in [2.24, 2.45) is 5.41 Å². The fraction of sp³-hybridized carbons (Fsp3) is 0.467. The van der Waals surface area contributed by atoms with Crippen molar-refractivity contribution in [2.45, 2.75) is 34.1 Å². The number of aryl methyl sites for hydroxylation is 1. The molecule has 1 rings (SSSR count). The molecule has 0 unspecified atom stereocenters. The predicted molar refractivity (Wildman–Crippen MR) is 80.2 cm³/mol. The van der Waals surface area contributed by atoms with Crippen LogP contribution in [0.2, 0.25) is 5.02 Å². The van der Waals surface area contributed by atoms with E-state index in [0.29, 0.717) is 10.7 Å². The van der Waals surface area contributed by atoms with Crippen LogP contribution >= 0.6 is 11.6 Å². The van der Waals surface area contributed by atoms with Crippen molar-refractivity contribution in [3.05, 3.63) is 28.8 Å². The normalized spacial score (nSPS) is 11.2. The second-order valence-corrected chi connectivity index (χ2v) is 6.19. The van der Waals surface area contributed by atoms with E-state index < -0.39 is 11.4 Å². The summed E-state index contributed by atoms with van der Waals surface area (Å²) in [6.07, 6.45) is -0.104. The molecule has 0 saturated carbocycles. The van der Waals surface area contributed by atoms with Crippen molar-refractivity contribution in [3.8, 4) is 0 Å². The second-order valence-electron chi connectivity index (χ2n) is 5.78. The summed E-state index contributed by atoms with van der Waals surface area (Å²) in [5.41, 5.74) is 0.953. The molecule has 0 spiro atoms. The molecule has 0 fully saturated rings. The van der Waals surface area contributed by atoms with Gasteiger partial charge in [-0.1, -0.05) is 38.4 Å². The number of anilines is 1. The minimum atomic E-state index is -0.935. The molecule has 0 heterocycles. The van der Waals surface area contributed by atoms with Crippen LogP contribution in [0.5, 0.6) is 0 Å². The number of nitrogens with zero attached hydrogens (tertiary/aromatic N) is 1. The van der Waals surface area contributed by atoms with E-state index >= 15 is 0 Å². The second kappa shape index (κ2) is 6.27. The SMILES string of the molecule is Cc1ccc(N(CCC(=O)O)C(=O)C(C)(C)C)cc1Cl. The lowest BCUT2D eigenvalue weighted by atomic mass is 9.94. The highest BCUT2D eigenvalue weighted by atomic mass is 35.5. The van der Waals surface area contributed by atoms with Crippen molar-refractivity contribution < 1.29 is 14.7 Å². The zero-order valence-electron chi connectivity index (χ0n) is 12.2. The van der Waals surface area contributed by atoms with Gasteiger partial charge in [0, 0.05) is 22.7 Å². The lowest BCUT2D eigenvalue weighted by Crippen LogP contribution is -2.40. The minimum Gasteiger partial charge on any atom is -0.481 e. The number of benzene rings is 1. The van der Waals surface area contributed by atoms with Gasteiger partial charge in [0.2, 0.25) is 5.91 Å². The summed E-state index contributed by atoms with van der Waals surface area (Å²) in [5, 5.41) is 9.39. The van der Waals surface area contributed by atoms with Crippen LogP contribution in [-0.2, 0) is 9.59 Å². The summed E-state index contributed by atoms with van der Waals surface area (Å²) in [4.78, 5) is 24.7. The molecule has 0 aromatic heterocycles. The first kappa shape index (κ1) is 16.5. The van der Waals surface area contributed by atoms with E-state index in [9.17, 15) is 9.59 Å². The number of amides is 1. The Bertz CT molecular complexity index is 520. The van der Waals surface area contributed by atoms with E-state index in [2.05, 4.69) is 0 Å². The summed E-state index contributed by atoms with van der Waals surface area (Å²) in [6, 6.07) is 5.30. The Morgan fingerprint density at radius 3 is 2.35 bits per heavy atom. The number of carbonyl (C=O) groups excluding carboxylic acids is 1. The van der Waals surface area contributed by atoms with Gasteiger partial charge < -0.3 is 10.0 Å². The fourth-order valence-corrected chi connectivity index (χ4v) is 1.88. The maximum absolute atomic E-state index is 12.5. The first-order chi connectivity index (χ1) is 9.12. The number of hydrogen-bond acceptors (Lipinski definition) is 2. The molecule has 4 nitrogen and oxygen atoms in total. The smallest absolute Gasteiger partial charge is 0.305 e. The monoisotopic (exact) mass is 297 g/mol. The average molecular weight is 298 g/mol. The van der Waals surface area contributed by atoms with Crippen LogP contribution in [0, 0.1) is 12.3 Å². The minimum absolute atomic E-state index is 0.104. The lowest BCUT2D eigenvalue weighted by Gasteiger charge is -2.29. The standard InChI is InChI=1S/C15H20ClNO3/c1-10-5-6-11(9-12(10)16)17(8-7-13(18)19)14(20)15(2,3)4/h5-6,9H,7-8H2,1-4H3,(H,18,19).